The lowest BCUT2D eigenvalue weighted by molar-refractivity contribution is 0.395. The van der Waals surface area contributed by atoms with Gasteiger partial charge in [-0.1, -0.05) is 0 Å². The van der Waals surface area contributed by atoms with Crippen molar-refractivity contribution in [1.29, 1.82) is 0 Å². The van der Waals surface area contributed by atoms with Gasteiger partial charge in [0.2, 0.25) is 0 Å². The number of benzene rings is 1. The maximum absolute atomic E-state index is 5.36. The van der Waals surface area contributed by atoms with Crippen LogP contribution in [-0.4, -0.2) is 23.8 Å². The summed E-state index contributed by atoms with van der Waals surface area (Å²) in [5, 5.41) is 0. The van der Waals surface area contributed by atoms with Gasteiger partial charge in [0.1, 0.15) is 21.8 Å². The molecule has 4 nitrogen and oxygen atoms in total. The van der Waals surface area contributed by atoms with Gasteiger partial charge in [-0.15, -0.1) is 0 Å². The topological polar surface area (TPSA) is 36.3 Å². The third-order valence-electron chi connectivity index (χ3n) is 2.53. The summed E-state index contributed by atoms with van der Waals surface area (Å²) < 4.78 is 13.3. The zero-order valence-corrected chi connectivity index (χ0v) is 11.5. The molecule has 1 aromatic carbocycles. The van der Waals surface area contributed by atoms with Crippen LogP contribution in [-0.2, 0) is 7.05 Å². The van der Waals surface area contributed by atoms with Crippen molar-refractivity contribution in [3.63, 3.8) is 0 Å². The smallest absolute Gasteiger partial charge is 0.132 e. The molecule has 0 aliphatic carbocycles. The van der Waals surface area contributed by atoms with Crippen LogP contribution in [0.4, 0.5) is 0 Å². The fraction of sp³-hybridized carbons (Fsp3) is 0.250. The normalized spacial score (nSPS) is 10.4. The Kier molecular flexibility index (Phi) is 3.38. The predicted octanol–water partition coefficient (Wildman–Crippen LogP) is 2.87. The lowest BCUT2D eigenvalue weighted by atomic mass is 10.1. The van der Waals surface area contributed by atoms with E-state index < -0.39 is 0 Å². The van der Waals surface area contributed by atoms with Crippen molar-refractivity contribution in [3.05, 3.63) is 29.1 Å². The highest BCUT2D eigenvalue weighted by Crippen LogP contribution is 2.35. The van der Waals surface area contributed by atoms with Gasteiger partial charge in [-0.2, -0.15) is 0 Å². The number of rotatable bonds is 3. The molecule has 0 N–H and O–H groups in total. The summed E-state index contributed by atoms with van der Waals surface area (Å²) in [6.07, 6.45) is 1.75. The van der Waals surface area contributed by atoms with E-state index in [1.165, 1.54) is 0 Å². The minimum Gasteiger partial charge on any atom is -0.497 e. The minimum absolute atomic E-state index is 0.740. The molecule has 5 heteroatoms. The van der Waals surface area contributed by atoms with Crippen LogP contribution in [0.15, 0.2) is 29.1 Å². The summed E-state index contributed by atoms with van der Waals surface area (Å²) in [6, 6.07) is 5.67. The first-order chi connectivity index (χ1) is 8.17. The van der Waals surface area contributed by atoms with Gasteiger partial charge in [-0.25, -0.2) is 4.98 Å². The molecule has 17 heavy (non-hydrogen) atoms. The van der Waals surface area contributed by atoms with Crippen molar-refractivity contribution >= 4 is 15.9 Å². The van der Waals surface area contributed by atoms with Crippen LogP contribution in [0.3, 0.4) is 0 Å². The number of methoxy groups -OCH3 is 2. The van der Waals surface area contributed by atoms with Crippen LogP contribution in [0.2, 0.25) is 0 Å². The van der Waals surface area contributed by atoms with Gasteiger partial charge in [0.15, 0.2) is 0 Å². The van der Waals surface area contributed by atoms with Crippen molar-refractivity contribution in [1.82, 2.24) is 9.55 Å². The van der Waals surface area contributed by atoms with Crippen molar-refractivity contribution in [2.75, 3.05) is 14.2 Å². The second-order valence-corrected chi connectivity index (χ2v) is 4.31. The summed E-state index contributed by atoms with van der Waals surface area (Å²) in [5.41, 5.74) is 1.78. The highest BCUT2D eigenvalue weighted by atomic mass is 79.9. The van der Waals surface area contributed by atoms with E-state index in [1.807, 2.05) is 29.8 Å². The molecular weight excluding hydrogens is 284 g/mol. The van der Waals surface area contributed by atoms with Gasteiger partial charge < -0.3 is 14.0 Å². The van der Waals surface area contributed by atoms with Crippen molar-refractivity contribution in [2.24, 2.45) is 7.05 Å². The molecule has 0 aliphatic rings. The SMILES string of the molecule is COc1ccc(-c2ncn(C)c2Br)c(OC)c1. The molecule has 0 saturated heterocycles. The standard InChI is InChI=1S/C12H13BrN2O2/c1-15-7-14-11(12(15)13)9-5-4-8(16-2)6-10(9)17-3/h4-7H,1-3H3. The van der Waals surface area contributed by atoms with E-state index >= 15 is 0 Å². The third-order valence-corrected chi connectivity index (χ3v) is 3.46. The molecule has 0 aliphatic heterocycles. The maximum Gasteiger partial charge on any atom is 0.132 e. The average molecular weight is 297 g/mol. The van der Waals surface area contributed by atoms with Gasteiger partial charge in [-0.05, 0) is 28.1 Å². The Balaban J connectivity index is 2.55. The van der Waals surface area contributed by atoms with Crippen molar-refractivity contribution in [3.8, 4) is 22.8 Å². The summed E-state index contributed by atoms with van der Waals surface area (Å²) in [6.45, 7) is 0. The molecule has 1 heterocycles. The van der Waals surface area contributed by atoms with Crippen LogP contribution in [0, 0.1) is 0 Å². The zero-order valence-electron chi connectivity index (χ0n) is 9.90. The third kappa shape index (κ3) is 2.15. The van der Waals surface area contributed by atoms with Gasteiger partial charge in [-0.3, -0.25) is 0 Å². The highest BCUT2D eigenvalue weighted by molar-refractivity contribution is 9.10. The van der Waals surface area contributed by atoms with Gasteiger partial charge >= 0.3 is 0 Å². The van der Waals surface area contributed by atoms with Crippen LogP contribution >= 0.6 is 15.9 Å². The predicted molar refractivity (Wildman–Crippen MR) is 69.4 cm³/mol. The lowest BCUT2D eigenvalue weighted by Gasteiger charge is -2.09. The first kappa shape index (κ1) is 12.0. The van der Waals surface area contributed by atoms with Crippen LogP contribution in [0.1, 0.15) is 0 Å². The zero-order chi connectivity index (χ0) is 12.4. The van der Waals surface area contributed by atoms with E-state index in [0.717, 1.165) is 27.4 Å². The molecule has 2 rings (SSSR count). The Morgan fingerprint density at radius 1 is 1.24 bits per heavy atom. The molecule has 0 fully saturated rings. The minimum atomic E-state index is 0.740. The molecular formula is C12H13BrN2O2. The fourth-order valence-electron chi connectivity index (χ4n) is 1.59. The van der Waals surface area contributed by atoms with Crippen LogP contribution in [0.5, 0.6) is 11.5 Å². The fourth-order valence-corrected chi connectivity index (χ4v) is 2.00. The number of imidazole rings is 1. The molecule has 0 bridgehead atoms. The molecule has 0 unspecified atom stereocenters. The van der Waals surface area contributed by atoms with E-state index in [4.69, 9.17) is 9.47 Å². The van der Waals surface area contributed by atoms with Crippen LogP contribution in [0.25, 0.3) is 11.3 Å². The lowest BCUT2D eigenvalue weighted by Crippen LogP contribution is -1.91. The first-order valence-electron chi connectivity index (χ1n) is 5.06. The number of ether oxygens (including phenoxy) is 2. The average Bonchev–Trinajstić information content (AvgIpc) is 2.69. The van der Waals surface area contributed by atoms with E-state index in [-0.39, 0.29) is 0 Å². The molecule has 0 amide bonds. The second-order valence-electron chi connectivity index (χ2n) is 3.56. The quantitative estimate of drug-likeness (QED) is 0.874. The van der Waals surface area contributed by atoms with E-state index in [9.17, 15) is 0 Å². The molecule has 0 atom stereocenters. The molecule has 0 spiro atoms. The van der Waals surface area contributed by atoms with E-state index in [2.05, 4.69) is 20.9 Å². The van der Waals surface area contributed by atoms with Crippen molar-refractivity contribution in [2.45, 2.75) is 0 Å². The monoisotopic (exact) mass is 296 g/mol. The summed E-state index contributed by atoms with van der Waals surface area (Å²) in [4.78, 5) is 4.34. The summed E-state index contributed by atoms with van der Waals surface area (Å²) in [7, 11) is 5.19. The largest absolute Gasteiger partial charge is 0.497 e. The summed E-state index contributed by atoms with van der Waals surface area (Å²) in [5.74, 6) is 1.50. The molecule has 0 saturated carbocycles. The van der Waals surface area contributed by atoms with Gasteiger partial charge in [0.05, 0.1) is 20.5 Å². The second kappa shape index (κ2) is 4.79. The highest BCUT2D eigenvalue weighted by Gasteiger charge is 2.14. The number of aromatic nitrogens is 2. The van der Waals surface area contributed by atoms with Gasteiger partial charge in [0, 0.05) is 18.7 Å². The van der Waals surface area contributed by atoms with Crippen LogP contribution < -0.4 is 9.47 Å². The number of nitrogens with zero attached hydrogens (tertiary/aromatic N) is 2. The molecule has 90 valence electrons. The first-order valence-corrected chi connectivity index (χ1v) is 5.86. The Morgan fingerprint density at radius 3 is 2.53 bits per heavy atom. The molecule has 2 aromatic rings. The Bertz CT molecular complexity index is 537. The van der Waals surface area contributed by atoms with Crippen molar-refractivity contribution < 1.29 is 9.47 Å². The summed E-state index contributed by atoms with van der Waals surface area (Å²) >= 11 is 3.50. The van der Waals surface area contributed by atoms with E-state index in [1.54, 1.807) is 20.5 Å². The molecule has 1 aromatic heterocycles. The number of hydrogen-bond donors (Lipinski definition) is 0. The number of halogens is 1. The van der Waals surface area contributed by atoms with Gasteiger partial charge in [0.25, 0.3) is 0 Å². The number of aryl methyl sites for hydroxylation is 1. The van der Waals surface area contributed by atoms with E-state index in [0.29, 0.717) is 0 Å². The Morgan fingerprint density at radius 2 is 2.00 bits per heavy atom. The maximum atomic E-state index is 5.36. The number of hydrogen-bond acceptors (Lipinski definition) is 3. The Labute approximate surface area is 108 Å². The molecule has 0 radical (unpaired) electrons. The Hall–Kier alpha value is -1.49.